The van der Waals surface area contributed by atoms with Crippen LogP contribution in [0.15, 0.2) is 29.2 Å². The van der Waals surface area contributed by atoms with Crippen LogP contribution in [-0.2, 0) is 6.42 Å². The summed E-state index contributed by atoms with van der Waals surface area (Å²) in [6.07, 6.45) is 2.87. The monoisotopic (exact) mass is 234 g/mol. The third kappa shape index (κ3) is 1.78. The second kappa shape index (κ2) is 4.57. The average molecular weight is 234 g/mol. The van der Waals surface area contributed by atoms with E-state index in [2.05, 4.69) is 16.4 Å². The molecule has 0 radical (unpaired) electrons. The van der Waals surface area contributed by atoms with Crippen molar-refractivity contribution in [1.29, 1.82) is 0 Å². The first-order valence-electron chi connectivity index (χ1n) is 5.11. The van der Waals surface area contributed by atoms with E-state index in [1.54, 1.807) is 11.8 Å². The van der Waals surface area contributed by atoms with Crippen LogP contribution in [0.25, 0.3) is 5.69 Å². The van der Waals surface area contributed by atoms with Crippen LogP contribution >= 0.6 is 11.8 Å². The van der Waals surface area contributed by atoms with Crippen molar-refractivity contribution in [3.63, 3.8) is 0 Å². The molecule has 5 heteroatoms. The van der Waals surface area contributed by atoms with Crippen LogP contribution in [0.1, 0.15) is 12.6 Å². The van der Waals surface area contributed by atoms with E-state index >= 15 is 0 Å². The van der Waals surface area contributed by atoms with E-state index < -0.39 is 0 Å². The minimum atomic E-state index is 0.512. The second-order valence-corrected chi connectivity index (χ2v) is 4.21. The maximum absolute atomic E-state index is 5.78. The maximum Gasteiger partial charge on any atom is 0.169 e. The second-order valence-electron chi connectivity index (χ2n) is 3.36. The first kappa shape index (κ1) is 11.0. The van der Waals surface area contributed by atoms with Crippen LogP contribution < -0.4 is 5.73 Å². The van der Waals surface area contributed by atoms with Crippen LogP contribution in [0.2, 0.25) is 0 Å². The van der Waals surface area contributed by atoms with Gasteiger partial charge in [-0.3, -0.25) is 0 Å². The number of hydrogen-bond donors (Lipinski definition) is 1. The van der Waals surface area contributed by atoms with Gasteiger partial charge in [-0.25, -0.2) is 4.68 Å². The molecule has 0 atom stereocenters. The van der Waals surface area contributed by atoms with Gasteiger partial charge in [0.2, 0.25) is 0 Å². The van der Waals surface area contributed by atoms with E-state index in [0.29, 0.717) is 5.82 Å². The van der Waals surface area contributed by atoms with Crippen LogP contribution in [0.4, 0.5) is 5.82 Å². The molecule has 1 aromatic carbocycles. The number of hydrogen-bond acceptors (Lipinski definition) is 4. The lowest BCUT2D eigenvalue weighted by Gasteiger charge is -2.08. The van der Waals surface area contributed by atoms with Gasteiger partial charge in [0.25, 0.3) is 0 Å². The maximum atomic E-state index is 5.78. The normalized spacial score (nSPS) is 10.6. The summed E-state index contributed by atoms with van der Waals surface area (Å²) in [6.45, 7) is 2.05. The van der Waals surface area contributed by atoms with Crippen LogP contribution in [0.5, 0.6) is 0 Å². The largest absolute Gasteiger partial charge is 0.381 e. The summed E-state index contributed by atoms with van der Waals surface area (Å²) in [5.74, 6) is 0.512. The molecule has 0 fully saturated rings. The predicted molar refractivity (Wildman–Crippen MR) is 66.9 cm³/mol. The fourth-order valence-corrected chi connectivity index (χ4v) is 2.22. The van der Waals surface area contributed by atoms with E-state index in [9.17, 15) is 0 Å². The quantitative estimate of drug-likeness (QED) is 0.827. The standard InChI is InChI=1S/C11H14N4S/c1-3-8-11(12)13-14-15(8)9-6-4-5-7-10(9)16-2/h4-7H,3,12H2,1-2H3. The number of nitrogens with two attached hydrogens (primary N) is 1. The highest BCUT2D eigenvalue weighted by Gasteiger charge is 2.12. The lowest BCUT2D eigenvalue weighted by atomic mass is 10.3. The SMILES string of the molecule is CCc1c(N)nnn1-c1ccccc1SC. The molecular weight excluding hydrogens is 220 g/mol. The summed E-state index contributed by atoms with van der Waals surface area (Å²) in [5, 5.41) is 8.01. The van der Waals surface area contributed by atoms with Gasteiger partial charge in [-0.15, -0.1) is 16.9 Å². The molecule has 0 spiro atoms. The number of anilines is 1. The average Bonchev–Trinajstić information content (AvgIpc) is 2.70. The molecule has 0 aliphatic heterocycles. The molecule has 0 unspecified atom stereocenters. The first-order valence-corrected chi connectivity index (χ1v) is 6.33. The van der Waals surface area contributed by atoms with Crippen molar-refractivity contribution in [3.05, 3.63) is 30.0 Å². The van der Waals surface area contributed by atoms with Gasteiger partial charge in [0.15, 0.2) is 5.82 Å². The highest BCUT2D eigenvalue weighted by Crippen LogP contribution is 2.25. The molecular formula is C11H14N4S. The number of benzene rings is 1. The van der Waals surface area contributed by atoms with E-state index in [4.69, 9.17) is 5.73 Å². The van der Waals surface area contributed by atoms with Crippen molar-refractivity contribution in [2.75, 3.05) is 12.0 Å². The van der Waals surface area contributed by atoms with Gasteiger partial charge in [-0.05, 0) is 24.8 Å². The molecule has 4 nitrogen and oxygen atoms in total. The number of aromatic nitrogens is 3. The Balaban J connectivity index is 2.58. The van der Waals surface area contributed by atoms with Gasteiger partial charge in [-0.2, -0.15) is 0 Å². The van der Waals surface area contributed by atoms with Gasteiger partial charge in [0, 0.05) is 4.90 Å². The third-order valence-electron chi connectivity index (χ3n) is 2.44. The predicted octanol–water partition coefficient (Wildman–Crippen LogP) is 2.13. The van der Waals surface area contributed by atoms with Crippen molar-refractivity contribution in [2.24, 2.45) is 0 Å². The van der Waals surface area contributed by atoms with Crippen LogP contribution in [0, 0.1) is 0 Å². The summed E-state index contributed by atoms with van der Waals surface area (Å²) in [7, 11) is 0. The fraction of sp³-hybridized carbons (Fsp3) is 0.273. The van der Waals surface area contributed by atoms with E-state index in [-0.39, 0.29) is 0 Å². The first-order chi connectivity index (χ1) is 7.77. The topological polar surface area (TPSA) is 56.7 Å². The summed E-state index contributed by atoms with van der Waals surface area (Å²) in [5.41, 5.74) is 7.78. The molecule has 0 saturated carbocycles. The Labute approximate surface area is 98.8 Å². The van der Waals surface area contributed by atoms with Gasteiger partial charge < -0.3 is 5.73 Å². The molecule has 2 N–H and O–H groups in total. The lowest BCUT2D eigenvalue weighted by Crippen LogP contribution is -2.03. The summed E-state index contributed by atoms with van der Waals surface area (Å²) >= 11 is 1.69. The minimum Gasteiger partial charge on any atom is -0.381 e. The smallest absolute Gasteiger partial charge is 0.169 e. The van der Waals surface area contributed by atoms with Crippen molar-refractivity contribution < 1.29 is 0 Å². The van der Waals surface area contributed by atoms with Gasteiger partial charge in [0.1, 0.15) is 0 Å². The zero-order valence-electron chi connectivity index (χ0n) is 9.34. The Kier molecular flexibility index (Phi) is 3.14. The Morgan fingerprint density at radius 3 is 2.81 bits per heavy atom. The lowest BCUT2D eigenvalue weighted by molar-refractivity contribution is 0.756. The zero-order valence-corrected chi connectivity index (χ0v) is 10.2. The molecule has 0 aliphatic rings. The number of para-hydroxylation sites is 1. The summed E-state index contributed by atoms with van der Waals surface area (Å²) < 4.78 is 1.82. The van der Waals surface area contributed by atoms with Crippen LogP contribution in [0.3, 0.4) is 0 Å². The highest BCUT2D eigenvalue weighted by molar-refractivity contribution is 7.98. The Bertz CT molecular complexity index is 492. The number of nitrogen functional groups attached to an aromatic ring is 1. The van der Waals surface area contributed by atoms with E-state index in [1.807, 2.05) is 36.1 Å². The molecule has 0 saturated heterocycles. The van der Waals surface area contributed by atoms with Crippen LogP contribution in [-0.4, -0.2) is 21.2 Å². The molecule has 0 bridgehead atoms. The van der Waals surface area contributed by atoms with E-state index in [1.165, 1.54) is 4.90 Å². The third-order valence-corrected chi connectivity index (χ3v) is 3.23. The molecule has 2 rings (SSSR count). The number of rotatable bonds is 3. The van der Waals surface area contributed by atoms with Crippen molar-refractivity contribution in [3.8, 4) is 5.69 Å². The molecule has 0 aliphatic carbocycles. The van der Waals surface area contributed by atoms with Crippen molar-refractivity contribution >= 4 is 17.6 Å². The van der Waals surface area contributed by atoms with Gasteiger partial charge in [-0.1, -0.05) is 24.3 Å². The van der Waals surface area contributed by atoms with Gasteiger partial charge >= 0.3 is 0 Å². The Morgan fingerprint density at radius 1 is 1.38 bits per heavy atom. The minimum absolute atomic E-state index is 0.512. The molecule has 0 amide bonds. The number of nitrogens with zero attached hydrogens (tertiary/aromatic N) is 3. The van der Waals surface area contributed by atoms with Crippen molar-refractivity contribution in [2.45, 2.75) is 18.2 Å². The summed E-state index contributed by atoms with van der Waals surface area (Å²) in [6, 6.07) is 8.10. The molecule has 1 aromatic heterocycles. The highest BCUT2D eigenvalue weighted by atomic mass is 32.2. The fourth-order valence-electron chi connectivity index (χ4n) is 1.64. The Morgan fingerprint density at radius 2 is 2.12 bits per heavy atom. The molecule has 1 heterocycles. The van der Waals surface area contributed by atoms with Gasteiger partial charge in [0.05, 0.1) is 11.4 Å². The molecule has 2 aromatic rings. The summed E-state index contributed by atoms with van der Waals surface area (Å²) in [4.78, 5) is 1.17. The van der Waals surface area contributed by atoms with E-state index in [0.717, 1.165) is 17.8 Å². The number of thioether (sulfide) groups is 1. The zero-order chi connectivity index (χ0) is 11.5. The molecule has 84 valence electrons. The Hall–Kier alpha value is -1.49. The van der Waals surface area contributed by atoms with Crippen molar-refractivity contribution in [1.82, 2.24) is 15.0 Å². The molecule has 16 heavy (non-hydrogen) atoms.